The molecule has 0 unspecified atom stereocenters. The van der Waals surface area contributed by atoms with Crippen LogP contribution in [0.25, 0.3) is 0 Å². The van der Waals surface area contributed by atoms with Crippen LogP contribution in [0, 0.1) is 12.3 Å². The van der Waals surface area contributed by atoms with Gasteiger partial charge in [-0.15, -0.1) is 0 Å². The monoisotopic (exact) mass is 374 g/mol. The first-order chi connectivity index (χ1) is 11.4. The zero-order valence-electron chi connectivity index (χ0n) is 17.5. The van der Waals surface area contributed by atoms with Crippen molar-refractivity contribution in [1.29, 1.82) is 0 Å². The van der Waals surface area contributed by atoms with Gasteiger partial charge < -0.3 is 0 Å². The second kappa shape index (κ2) is 7.37. The van der Waals surface area contributed by atoms with E-state index in [-0.39, 0.29) is 10.8 Å². The molecule has 1 aliphatic carbocycles. The molecular formula is C23H34OTi. The fraction of sp³-hybridized carbons (Fsp3) is 0.522. The number of benzene rings is 1. The van der Waals surface area contributed by atoms with E-state index in [9.17, 15) is 0 Å². The van der Waals surface area contributed by atoms with Crippen molar-refractivity contribution in [2.24, 2.45) is 5.41 Å². The minimum atomic E-state index is -1.89. The van der Waals surface area contributed by atoms with Crippen molar-refractivity contribution in [1.82, 2.24) is 0 Å². The van der Waals surface area contributed by atoms with Crippen molar-refractivity contribution < 1.29 is 21.1 Å². The summed E-state index contributed by atoms with van der Waals surface area (Å²) in [6.45, 7) is 20.3. The fourth-order valence-corrected chi connectivity index (χ4v) is 6.03. The number of rotatable bonds is 3. The van der Waals surface area contributed by atoms with Gasteiger partial charge >= 0.3 is 161 Å². The first kappa shape index (κ1) is 20.4. The third kappa shape index (κ3) is 5.28. The predicted octanol–water partition coefficient (Wildman–Crippen LogP) is 6.68. The third-order valence-corrected chi connectivity index (χ3v) is 8.18. The van der Waals surface area contributed by atoms with Crippen molar-refractivity contribution in [2.45, 2.75) is 74.1 Å². The maximum atomic E-state index is 6.67. The van der Waals surface area contributed by atoms with Crippen LogP contribution in [0.1, 0.15) is 72.9 Å². The van der Waals surface area contributed by atoms with E-state index in [1.54, 1.807) is 0 Å². The second-order valence-electron chi connectivity index (χ2n) is 9.50. The molecule has 0 saturated heterocycles. The summed E-state index contributed by atoms with van der Waals surface area (Å²) in [6, 6.07) is 6.72. The molecule has 0 heterocycles. The molecule has 2 rings (SSSR count). The van der Waals surface area contributed by atoms with E-state index in [2.05, 4.69) is 92.7 Å². The van der Waals surface area contributed by atoms with Crippen LogP contribution in [0.4, 0.5) is 0 Å². The minimum absolute atomic E-state index is 0.142. The van der Waals surface area contributed by atoms with Crippen molar-refractivity contribution in [3.05, 3.63) is 50.9 Å². The molecule has 1 aromatic rings. The van der Waals surface area contributed by atoms with Crippen LogP contribution in [0.3, 0.4) is 0 Å². The Morgan fingerprint density at radius 3 is 2.08 bits per heavy atom. The van der Waals surface area contributed by atoms with E-state index >= 15 is 0 Å². The summed E-state index contributed by atoms with van der Waals surface area (Å²) in [5, 5.41) is 0. The maximum absolute atomic E-state index is 6.67. The third-order valence-electron chi connectivity index (χ3n) is 4.62. The molecule has 1 aliphatic rings. The SMILES string of the molecule is C[C](C)=[Ti]([O]c1cc(C)cc(C(C)(C)C)c1)[C]1=CC(C(C)(C)C)=CC1. The van der Waals surface area contributed by atoms with Crippen LogP contribution >= 0.6 is 0 Å². The Hall–Kier alpha value is -0.916. The summed E-state index contributed by atoms with van der Waals surface area (Å²) >= 11 is -1.89. The molecule has 2 heteroatoms. The van der Waals surface area contributed by atoms with Gasteiger partial charge in [0.25, 0.3) is 0 Å². The normalized spacial score (nSPS) is 14.9. The van der Waals surface area contributed by atoms with Crippen molar-refractivity contribution in [3.8, 4) is 5.75 Å². The summed E-state index contributed by atoms with van der Waals surface area (Å²) in [7, 11) is 0. The van der Waals surface area contributed by atoms with Gasteiger partial charge in [-0.2, -0.15) is 0 Å². The van der Waals surface area contributed by atoms with Crippen LogP contribution in [0.15, 0.2) is 39.8 Å². The molecule has 0 spiro atoms. The van der Waals surface area contributed by atoms with Crippen molar-refractivity contribution in [2.75, 3.05) is 0 Å². The van der Waals surface area contributed by atoms with Gasteiger partial charge in [0, 0.05) is 0 Å². The standard InChI is InChI=1S/C11H16O.C9H13.C3H6.Ti/c1-8-5-9(11(2,3)4)7-10(12)6-8;1-9(2,3)8-6-4-5-7-8;1-3-2;/h5-7,12H,1-4H3;6-7H,4H2,1-3H3;1-2H3;/q;;;+1/p-1. The Morgan fingerprint density at radius 1 is 0.960 bits per heavy atom. The molecule has 1 aromatic carbocycles. The average Bonchev–Trinajstić information content (AvgIpc) is 2.92. The molecule has 136 valence electrons. The number of allylic oxidation sites excluding steroid dienone is 4. The quantitative estimate of drug-likeness (QED) is 0.537. The summed E-state index contributed by atoms with van der Waals surface area (Å²) in [4.78, 5) is 0. The van der Waals surface area contributed by atoms with E-state index in [4.69, 9.17) is 3.32 Å². The van der Waals surface area contributed by atoms with Crippen LogP contribution < -0.4 is 3.32 Å². The predicted molar refractivity (Wildman–Crippen MR) is 107 cm³/mol. The van der Waals surface area contributed by atoms with Gasteiger partial charge in [0.05, 0.1) is 0 Å². The molecule has 0 bridgehead atoms. The molecule has 0 amide bonds. The van der Waals surface area contributed by atoms with E-state index in [1.807, 2.05) is 0 Å². The molecular weight excluding hydrogens is 340 g/mol. The molecule has 25 heavy (non-hydrogen) atoms. The average molecular weight is 374 g/mol. The zero-order chi connectivity index (χ0) is 19.0. The van der Waals surface area contributed by atoms with Gasteiger partial charge in [-0.3, -0.25) is 0 Å². The number of hydrogen-bond donors (Lipinski definition) is 0. The Kier molecular flexibility index (Phi) is 6.01. The van der Waals surface area contributed by atoms with Crippen LogP contribution in [0.2, 0.25) is 0 Å². The Morgan fingerprint density at radius 2 is 1.60 bits per heavy atom. The molecule has 0 atom stereocenters. The summed E-state index contributed by atoms with van der Waals surface area (Å²) < 4.78 is 9.66. The molecule has 0 saturated carbocycles. The van der Waals surface area contributed by atoms with Crippen molar-refractivity contribution in [3.63, 3.8) is 0 Å². The van der Waals surface area contributed by atoms with E-state index < -0.39 is 17.8 Å². The number of hydrogen-bond acceptors (Lipinski definition) is 1. The topological polar surface area (TPSA) is 9.23 Å². The zero-order valence-corrected chi connectivity index (χ0v) is 19.1. The van der Waals surface area contributed by atoms with Crippen LogP contribution in [-0.2, 0) is 23.2 Å². The van der Waals surface area contributed by atoms with Gasteiger partial charge in [-0.05, 0) is 0 Å². The van der Waals surface area contributed by atoms with Gasteiger partial charge in [0.2, 0.25) is 0 Å². The van der Waals surface area contributed by atoms with Crippen LogP contribution in [0.5, 0.6) is 5.75 Å². The molecule has 0 N–H and O–H groups in total. The fourth-order valence-electron chi connectivity index (χ4n) is 3.05. The first-order valence-electron chi connectivity index (χ1n) is 9.27. The molecule has 0 aliphatic heterocycles. The summed E-state index contributed by atoms with van der Waals surface area (Å²) in [5.74, 6) is 1.05. The second-order valence-corrected chi connectivity index (χ2v) is 13.4. The van der Waals surface area contributed by atoms with E-state index in [0.29, 0.717) is 0 Å². The van der Waals surface area contributed by atoms with Gasteiger partial charge in [-0.25, -0.2) is 0 Å². The Bertz CT molecular complexity index is 745. The Balaban J connectivity index is 2.35. The number of aryl methyl sites for hydroxylation is 1. The molecule has 0 fully saturated rings. The van der Waals surface area contributed by atoms with Gasteiger partial charge in [0.1, 0.15) is 0 Å². The Labute approximate surface area is 161 Å². The first-order valence-corrected chi connectivity index (χ1v) is 11.5. The van der Waals surface area contributed by atoms with Gasteiger partial charge in [-0.1, -0.05) is 0 Å². The van der Waals surface area contributed by atoms with E-state index in [1.165, 1.54) is 24.4 Å². The molecule has 0 radical (unpaired) electrons. The van der Waals surface area contributed by atoms with Gasteiger partial charge in [0.15, 0.2) is 0 Å². The molecule has 1 nitrogen and oxygen atoms in total. The summed E-state index contributed by atoms with van der Waals surface area (Å²) in [6.07, 6.45) is 5.87. The van der Waals surface area contributed by atoms with E-state index in [0.717, 1.165) is 12.2 Å². The van der Waals surface area contributed by atoms with Crippen molar-refractivity contribution >= 4 is 3.81 Å². The van der Waals surface area contributed by atoms with Crippen LogP contribution in [-0.4, -0.2) is 3.81 Å². The summed E-state index contributed by atoms with van der Waals surface area (Å²) in [5.41, 5.74) is 4.45. The molecule has 0 aromatic heterocycles.